The monoisotopic (exact) mass is 303 g/mol. The molecule has 0 heterocycles. The van der Waals surface area contributed by atoms with E-state index in [1.807, 2.05) is 0 Å². The molecule has 0 aromatic heterocycles. The van der Waals surface area contributed by atoms with Crippen molar-refractivity contribution >= 4 is 18.2 Å². The van der Waals surface area contributed by atoms with Crippen molar-refractivity contribution < 1.29 is 47.1 Å². The molecule has 0 aliphatic rings. The van der Waals surface area contributed by atoms with E-state index in [1.54, 1.807) is 0 Å². The first kappa shape index (κ1) is 17.9. The third kappa shape index (κ3) is 10.0. The van der Waals surface area contributed by atoms with Crippen molar-refractivity contribution in [2.45, 2.75) is 32.2 Å². The van der Waals surface area contributed by atoms with Gasteiger partial charge in [0, 0.05) is 46.2 Å². The average molecular weight is 303 g/mol. The van der Waals surface area contributed by atoms with Crippen LogP contribution in [-0.4, -0.2) is 30.8 Å². The molecule has 0 saturated heterocycles. The Morgan fingerprint density at radius 3 is 2.44 bits per heavy atom. The molecule has 7 heteroatoms. The zero-order chi connectivity index (χ0) is 11.7. The van der Waals surface area contributed by atoms with Crippen LogP contribution in [0.4, 0.5) is 0 Å². The molecule has 16 heavy (non-hydrogen) atoms. The van der Waals surface area contributed by atoms with E-state index in [0.29, 0.717) is 19.4 Å². The van der Waals surface area contributed by atoms with Gasteiger partial charge in [0.1, 0.15) is 0 Å². The van der Waals surface area contributed by atoms with Crippen molar-refractivity contribution in [3.05, 3.63) is 0 Å². The molecule has 1 radical (unpaired) electrons. The molecule has 0 saturated carbocycles. The maximum Gasteiger partial charge on any atom is 0.237 e. The van der Waals surface area contributed by atoms with Crippen LogP contribution in [0.25, 0.3) is 0 Å². The van der Waals surface area contributed by atoms with Gasteiger partial charge in [0.25, 0.3) is 0 Å². The van der Waals surface area contributed by atoms with Crippen LogP contribution < -0.4 is 16.4 Å². The van der Waals surface area contributed by atoms with Crippen molar-refractivity contribution in [3.8, 4) is 0 Å². The van der Waals surface area contributed by atoms with Crippen LogP contribution in [0, 0.1) is 0 Å². The van der Waals surface area contributed by atoms with Crippen molar-refractivity contribution in [2.24, 2.45) is 5.73 Å². The van der Waals surface area contributed by atoms with Crippen LogP contribution >= 0.6 is 0 Å². The smallest absolute Gasteiger partial charge is 0.237 e. The molecule has 3 amide bonds. The second-order valence-corrected chi connectivity index (χ2v) is 3.18. The molecule has 0 aliphatic heterocycles. The van der Waals surface area contributed by atoms with Crippen LogP contribution in [-0.2, 0) is 47.1 Å². The van der Waals surface area contributed by atoms with E-state index in [2.05, 4.69) is 10.6 Å². The summed E-state index contributed by atoms with van der Waals surface area (Å²) in [6.07, 6.45) is 3.34. The maximum absolute atomic E-state index is 10.8. The van der Waals surface area contributed by atoms with Crippen molar-refractivity contribution in [1.82, 2.24) is 10.6 Å². The molecule has 0 aliphatic carbocycles. The zero-order valence-electron chi connectivity index (χ0n) is 9.29. The van der Waals surface area contributed by atoms with E-state index in [-0.39, 0.29) is 38.6 Å². The Balaban J connectivity index is 0. The Morgan fingerprint density at radius 1 is 1.38 bits per heavy atom. The van der Waals surface area contributed by atoms with Gasteiger partial charge < -0.3 is 21.2 Å². The molecule has 0 aromatic rings. The fraction of sp³-hybridized carbons (Fsp3) is 0.667. The Bertz CT molecular complexity index is 236. The van der Waals surface area contributed by atoms with Gasteiger partial charge in [0.2, 0.25) is 11.8 Å². The number of unbranched alkanes of at least 4 members (excludes halogenated alkanes) is 1. The topological polar surface area (TPSA) is 101 Å². The Hall–Kier alpha value is -0.486. The van der Waals surface area contributed by atoms with Gasteiger partial charge in [-0.05, 0) is 19.3 Å². The van der Waals surface area contributed by atoms with Gasteiger partial charge in [-0.3, -0.25) is 9.59 Å². The van der Waals surface area contributed by atoms with Gasteiger partial charge >= 0.3 is 0 Å². The minimum atomic E-state index is -0.667. The van der Waals surface area contributed by atoms with E-state index in [9.17, 15) is 14.4 Å². The summed E-state index contributed by atoms with van der Waals surface area (Å²) in [5.74, 6) is -0.654. The van der Waals surface area contributed by atoms with Crippen molar-refractivity contribution in [2.75, 3.05) is 6.54 Å². The van der Waals surface area contributed by atoms with E-state index >= 15 is 0 Å². The first-order valence-corrected chi connectivity index (χ1v) is 4.74. The number of nitrogens with two attached hydrogens (primary N) is 1. The molecule has 0 spiro atoms. The second kappa shape index (κ2) is 11.0. The summed E-state index contributed by atoms with van der Waals surface area (Å²) in [5, 5.41) is 4.84. The fourth-order valence-electron chi connectivity index (χ4n) is 1.09. The molecule has 0 aromatic carbocycles. The predicted octanol–water partition coefficient (Wildman–Crippen LogP) is -1.20. The minimum Gasteiger partial charge on any atom is -0.520 e. The fourth-order valence-corrected chi connectivity index (χ4v) is 1.09. The van der Waals surface area contributed by atoms with E-state index in [1.165, 1.54) is 13.3 Å². The van der Waals surface area contributed by atoms with Gasteiger partial charge in [-0.2, -0.15) is 6.41 Å². The predicted molar refractivity (Wildman–Crippen MR) is 54.3 cm³/mol. The summed E-state index contributed by atoms with van der Waals surface area (Å²) in [7, 11) is 0. The van der Waals surface area contributed by atoms with Gasteiger partial charge in [-0.1, -0.05) is 0 Å². The number of carbonyl (C=O) groups excluding carboxylic acids is 3. The number of carbonyl (C=O) groups is 2. The van der Waals surface area contributed by atoms with Crippen molar-refractivity contribution in [1.29, 1.82) is 0 Å². The molecule has 1 unspecified atom stereocenters. The third-order valence-corrected chi connectivity index (χ3v) is 1.87. The molecule has 1 atom stereocenters. The van der Waals surface area contributed by atoms with Gasteiger partial charge in [0.15, 0.2) is 0 Å². The second-order valence-electron chi connectivity index (χ2n) is 3.18. The van der Waals surface area contributed by atoms with Gasteiger partial charge in [-0.15, -0.1) is 0 Å². The van der Waals surface area contributed by atoms with Crippen LogP contribution in [0.1, 0.15) is 26.2 Å². The molecule has 0 bridgehead atoms. The standard InChI is InChI=1S/C9H16N3O3.Y/c1-7(14)11-5-3-2-4-8(9(10)15)12-6-13;/h8H,2-5H2,1H3,(H2,10,15)(H,11,14)(H,12,13);/q-1;. The molecule has 4 N–H and O–H groups in total. The Morgan fingerprint density at radius 2 is 2.00 bits per heavy atom. The number of hydrogen-bond donors (Lipinski definition) is 3. The Labute approximate surface area is 120 Å². The third-order valence-electron chi connectivity index (χ3n) is 1.87. The van der Waals surface area contributed by atoms with Gasteiger partial charge in [0.05, 0.1) is 6.04 Å². The summed E-state index contributed by atoms with van der Waals surface area (Å²) in [5.41, 5.74) is 5.04. The first-order chi connectivity index (χ1) is 7.07. The molecule has 89 valence electrons. The molecule has 6 nitrogen and oxygen atoms in total. The molecular formula is C9H16N3O3Y-. The largest absolute Gasteiger partial charge is 0.520 e. The van der Waals surface area contributed by atoms with Gasteiger partial charge in [-0.25, -0.2) is 0 Å². The quantitative estimate of drug-likeness (QED) is 0.298. The minimum absolute atomic E-state index is 0. The maximum atomic E-state index is 10.8. The summed E-state index contributed by atoms with van der Waals surface area (Å²) in [4.78, 5) is 31.3. The molecule has 0 fully saturated rings. The number of amides is 3. The van der Waals surface area contributed by atoms with Crippen LogP contribution in [0.3, 0.4) is 0 Å². The average Bonchev–Trinajstić information content (AvgIpc) is 2.15. The van der Waals surface area contributed by atoms with Crippen LogP contribution in [0.5, 0.6) is 0 Å². The Kier molecular flexibility index (Phi) is 12.3. The van der Waals surface area contributed by atoms with Crippen LogP contribution in [0.2, 0.25) is 0 Å². The van der Waals surface area contributed by atoms with E-state index in [0.717, 1.165) is 6.42 Å². The molecule has 0 rings (SSSR count). The number of primary amides is 1. The SMILES string of the molecule is CC(=O)NCCCCC(N[C-]=O)C(N)=O.[Y]. The number of hydrogen-bond acceptors (Lipinski definition) is 3. The first-order valence-electron chi connectivity index (χ1n) is 4.74. The number of nitrogens with one attached hydrogen (secondary N) is 2. The van der Waals surface area contributed by atoms with E-state index < -0.39 is 11.9 Å². The molecular weight excluding hydrogens is 287 g/mol. The summed E-state index contributed by atoms with van der Waals surface area (Å²) in [6, 6.07) is -0.667. The van der Waals surface area contributed by atoms with E-state index in [4.69, 9.17) is 5.73 Å². The van der Waals surface area contributed by atoms with Crippen molar-refractivity contribution in [3.63, 3.8) is 0 Å². The number of rotatable bonds is 8. The normalized spacial score (nSPS) is 10.8. The van der Waals surface area contributed by atoms with Crippen LogP contribution in [0.15, 0.2) is 0 Å². The summed E-state index contributed by atoms with van der Waals surface area (Å²) in [6.45, 7) is 2.00. The summed E-state index contributed by atoms with van der Waals surface area (Å²) >= 11 is 0. The summed E-state index contributed by atoms with van der Waals surface area (Å²) < 4.78 is 0. The zero-order valence-corrected chi connectivity index (χ0v) is 12.1.